The molecule has 3 heterocycles. The molecule has 0 radical (unpaired) electrons. The third kappa shape index (κ3) is 1.64. The first kappa shape index (κ1) is 10.7. The molecule has 4 nitrogen and oxygen atoms in total. The summed E-state index contributed by atoms with van der Waals surface area (Å²) in [5.74, 6) is 0. The maximum absolute atomic E-state index is 5.72. The van der Waals surface area contributed by atoms with Crippen LogP contribution in [0.5, 0.6) is 0 Å². The van der Waals surface area contributed by atoms with Crippen molar-refractivity contribution in [3.63, 3.8) is 0 Å². The van der Waals surface area contributed by atoms with Crippen molar-refractivity contribution >= 4 is 10.9 Å². The molecule has 0 amide bonds. The predicted octanol–water partition coefficient (Wildman–Crippen LogP) is 0.983. The highest BCUT2D eigenvalue weighted by atomic mass is 15.1. The van der Waals surface area contributed by atoms with Gasteiger partial charge in [0.25, 0.3) is 0 Å². The molecule has 2 aromatic rings. The van der Waals surface area contributed by atoms with Crippen molar-refractivity contribution in [2.45, 2.75) is 19.5 Å². The van der Waals surface area contributed by atoms with Crippen molar-refractivity contribution in [1.82, 2.24) is 14.5 Å². The lowest BCUT2D eigenvalue weighted by atomic mass is 10.1. The molecule has 3 rings (SSSR count). The zero-order chi connectivity index (χ0) is 11.8. The topological polar surface area (TPSA) is 47.1 Å². The van der Waals surface area contributed by atoms with Crippen molar-refractivity contribution in [1.29, 1.82) is 0 Å². The molecule has 90 valence electrons. The standard InChI is InChI=1S/C13H18N4/c1-16-6-3-13-11(9-16)10-8-15-5-2-12(10)17(13)7-4-14/h2,5,8H,3-4,6-7,9,14H2,1H3. The van der Waals surface area contributed by atoms with Crippen molar-refractivity contribution in [2.75, 3.05) is 20.1 Å². The fourth-order valence-corrected chi connectivity index (χ4v) is 2.81. The lowest BCUT2D eigenvalue weighted by Crippen LogP contribution is -2.27. The summed E-state index contributed by atoms with van der Waals surface area (Å²) >= 11 is 0. The average Bonchev–Trinajstić information content (AvgIpc) is 2.65. The van der Waals surface area contributed by atoms with Gasteiger partial charge in [-0.1, -0.05) is 0 Å². The van der Waals surface area contributed by atoms with Gasteiger partial charge in [0.2, 0.25) is 0 Å². The first-order chi connectivity index (χ1) is 8.31. The van der Waals surface area contributed by atoms with Crippen LogP contribution in [0.4, 0.5) is 0 Å². The summed E-state index contributed by atoms with van der Waals surface area (Å²) in [4.78, 5) is 6.62. The van der Waals surface area contributed by atoms with Crippen LogP contribution in [0.3, 0.4) is 0 Å². The Hall–Kier alpha value is -1.39. The van der Waals surface area contributed by atoms with E-state index in [0.717, 1.165) is 26.1 Å². The van der Waals surface area contributed by atoms with Crippen molar-refractivity contribution < 1.29 is 0 Å². The summed E-state index contributed by atoms with van der Waals surface area (Å²) in [5.41, 5.74) is 9.90. The molecule has 2 N–H and O–H groups in total. The number of pyridine rings is 1. The molecule has 0 saturated heterocycles. The van der Waals surface area contributed by atoms with Gasteiger partial charge >= 0.3 is 0 Å². The van der Waals surface area contributed by atoms with E-state index in [1.165, 1.54) is 22.2 Å². The van der Waals surface area contributed by atoms with Gasteiger partial charge < -0.3 is 15.2 Å². The van der Waals surface area contributed by atoms with E-state index in [2.05, 4.69) is 27.6 Å². The van der Waals surface area contributed by atoms with Crippen LogP contribution in [0.15, 0.2) is 18.5 Å². The van der Waals surface area contributed by atoms with Gasteiger partial charge in [0, 0.05) is 56.1 Å². The van der Waals surface area contributed by atoms with E-state index in [1.807, 2.05) is 12.4 Å². The monoisotopic (exact) mass is 230 g/mol. The highest BCUT2D eigenvalue weighted by Gasteiger charge is 2.21. The van der Waals surface area contributed by atoms with E-state index in [-0.39, 0.29) is 0 Å². The van der Waals surface area contributed by atoms with Gasteiger partial charge in [-0.25, -0.2) is 0 Å². The first-order valence-electron chi connectivity index (χ1n) is 6.14. The molecule has 0 bridgehead atoms. The van der Waals surface area contributed by atoms with Gasteiger partial charge in [0.05, 0.1) is 5.52 Å². The Labute approximate surface area is 101 Å². The molecular weight excluding hydrogens is 212 g/mol. The maximum atomic E-state index is 5.72. The van der Waals surface area contributed by atoms with Gasteiger partial charge in [-0.2, -0.15) is 0 Å². The Morgan fingerprint density at radius 2 is 2.35 bits per heavy atom. The fraction of sp³-hybridized carbons (Fsp3) is 0.462. The lowest BCUT2D eigenvalue weighted by molar-refractivity contribution is 0.309. The molecule has 0 aromatic carbocycles. The molecular formula is C13H18N4. The second kappa shape index (κ2) is 4.13. The number of rotatable bonds is 2. The van der Waals surface area contributed by atoms with Crippen LogP contribution in [-0.4, -0.2) is 34.6 Å². The number of fused-ring (bicyclic) bond motifs is 3. The largest absolute Gasteiger partial charge is 0.343 e. The van der Waals surface area contributed by atoms with Gasteiger partial charge in [-0.05, 0) is 18.7 Å². The molecule has 17 heavy (non-hydrogen) atoms. The molecule has 0 saturated carbocycles. The molecule has 1 aliphatic rings. The molecule has 0 aliphatic carbocycles. The van der Waals surface area contributed by atoms with Crippen LogP contribution in [0.2, 0.25) is 0 Å². The molecule has 0 unspecified atom stereocenters. The second-order valence-corrected chi connectivity index (χ2v) is 4.75. The van der Waals surface area contributed by atoms with Crippen molar-refractivity contribution in [2.24, 2.45) is 5.73 Å². The Morgan fingerprint density at radius 1 is 1.47 bits per heavy atom. The molecule has 0 atom stereocenters. The zero-order valence-corrected chi connectivity index (χ0v) is 10.2. The summed E-state index contributed by atoms with van der Waals surface area (Å²) in [6.45, 7) is 3.74. The highest BCUT2D eigenvalue weighted by Crippen LogP contribution is 2.29. The molecule has 2 aromatic heterocycles. The predicted molar refractivity (Wildman–Crippen MR) is 68.8 cm³/mol. The van der Waals surface area contributed by atoms with Crippen LogP contribution in [0.1, 0.15) is 11.3 Å². The maximum Gasteiger partial charge on any atom is 0.0517 e. The Kier molecular flexibility index (Phi) is 2.61. The third-order valence-electron chi connectivity index (χ3n) is 3.60. The molecule has 0 spiro atoms. The summed E-state index contributed by atoms with van der Waals surface area (Å²) in [7, 11) is 2.17. The third-order valence-corrected chi connectivity index (χ3v) is 3.60. The lowest BCUT2D eigenvalue weighted by Gasteiger charge is -2.24. The Morgan fingerprint density at radius 3 is 3.18 bits per heavy atom. The van der Waals surface area contributed by atoms with E-state index in [9.17, 15) is 0 Å². The van der Waals surface area contributed by atoms with E-state index < -0.39 is 0 Å². The Bertz CT molecular complexity index is 511. The van der Waals surface area contributed by atoms with Crippen LogP contribution in [-0.2, 0) is 19.5 Å². The number of nitrogens with zero attached hydrogens (tertiary/aromatic N) is 3. The summed E-state index contributed by atoms with van der Waals surface area (Å²) < 4.78 is 2.37. The number of aromatic nitrogens is 2. The summed E-state index contributed by atoms with van der Waals surface area (Å²) in [6.07, 6.45) is 4.96. The normalized spacial score (nSPS) is 16.4. The summed E-state index contributed by atoms with van der Waals surface area (Å²) in [5, 5.41) is 1.29. The average molecular weight is 230 g/mol. The van der Waals surface area contributed by atoms with E-state index in [4.69, 9.17) is 5.73 Å². The zero-order valence-electron chi connectivity index (χ0n) is 10.2. The smallest absolute Gasteiger partial charge is 0.0517 e. The van der Waals surface area contributed by atoms with Crippen LogP contribution >= 0.6 is 0 Å². The van der Waals surface area contributed by atoms with E-state index in [1.54, 1.807) is 0 Å². The first-order valence-corrected chi connectivity index (χ1v) is 6.14. The van der Waals surface area contributed by atoms with Crippen molar-refractivity contribution in [3.8, 4) is 0 Å². The van der Waals surface area contributed by atoms with Crippen LogP contribution < -0.4 is 5.73 Å². The highest BCUT2D eigenvalue weighted by molar-refractivity contribution is 5.84. The quantitative estimate of drug-likeness (QED) is 0.836. The molecule has 4 heteroatoms. The number of hydrogen-bond donors (Lipinski definition) is 1. The van der Waals surface area contributed by atoms with Crippen LogP contribution in [0.25, 0.3) is 10.9 Å². The van der Waals surface area contributed by atoms with Crippen molar-refractivity contribution in [3.05, 3.63) is 29.7 Å². The number of nitrogens with two attached hydrogens (primary N) is 1. The van der Waals surface area contributed by atoms with E-state index in [0.29, 0.717) is 6.54 Å². The molecule has 1 aliphatic heterocycles. The fourth-order valence-electron chi connectivity index (χ4n) is 2.81. The van der Waals surface area contributed by atoms with Gasteiger partial charge in [0.15, 0.2) is 0 Å². The number of likely N-dealkylation sites (N-methyl/N-ethyl adjacent to an activating group) is 1. The minimum absolute atomic E-state index is 0.689. The molecule has 0 fully saturated rings. The SMILES string of the molecule is CN1CCc2c(c3cnccc3n2CCN)C1. The summed E-state index contributed by atoms with van der Waals surface area (Å²) in [6, 6.07) is 2.10. The van der Waals surface area contributed by atoms with Gasteiger partial charge in [0.1, 0.15) is 0 Å². The minimum Gasteiger partial charge on any atom is -0.343 e. The second-order valence-electron chi connectivity index (χ2n) is 4.75. The van der Waals surface area contributed by atoms with E-state index >= 15 is 0 Å². The Balaban J connectivity index is 2.24. The number of hydrogen-bond acceptors (Lipinski definition) is 3. The minimum atomic E-state index is 0.689. The van der Waals surface area contributed by atoms with Crippen LogP contribution in [0, 0.1) is 0 Å². The van der Waals surface area contributed by atoms with Gasteiger partial charge in [-0.15, -0.1) is 0 Å². The van der Waals surface area contributed by atoms with Gasteiger partial charge in [-0.3, -0.25) is 4.98 Å².